The van der Waals surface area contributed by atoms with Crippen LogP contribution in [0.4, 0.5) is 4.79 Å². The Morgan fingerprint density at radius 1 is 1.33 bits per heavy atom. The minimum Gasteiger partial charge on any atom is -0.445 e. The molecule has 6 nitrogen and oxygen atoms in total. The van der Waals surface area contributed by atoms with Gasteiger partial charge in [-0.25, -0.2) is 4.79 Å². The summed E-state index contributed by atoms with van der Waals surface area (Å²) in [4.78, 5) is 24.9. The van der Waals surface area contributed by atoms with Gasteiger partial charge in [0.15, 0.2) is 6.19 Å². The van der Waals surface area contributed by atoms with Crippen LogP contribution in [0.5, 0.6) is 0 Å². The number of rotatable bonds is 4. The monoisotopic (exact) mass is 349 g/mol. The molecule has 1 aliphatic rings. The van der Waals surface area contributed by atoms with Crippen LogP contribution in [0.3, 0.4) is 0 Å². The van der Waals surface area contributed by atoms with E-state index in [1.54, 1.807) is 12.1 Å². The van der Waals surface area contributed by atoms with Crippen LogP contribution in [0.2, 0.25) is 5.02 Å². The van der Waals surface area contributed by atoms with Crippen LogP contribution in [0, 0.1) is 17.4 Å². The van der Waals surface area contributed by atoms with E-state index in [1.165, 1.54) is 7.05 Å². The van der Waals surface area contributed by atoms with E-state index in [0.29, 0.717) is 30.7 Å². The quantitative estimate of drug-likeness (QED) is 0.669. The fraction of sp³-hybridized carbons (Fsp3) is 0.471. The van der Waals surface area contributed by atoms with E-state index in [2.05, 4.69) is 5.32 Å². The van der Waals surface area contributed by atoms with Gasteiger partial charge in [-0.05, 0) is 31.7 Å². The van der Waals surface area contributed by atoms with E-state index in [0.717, 1.165) is 10.5 Å². The molecule has 0 atom stereocenters. The van der Waals surface area contributed by atoms with Crippen LogP contribution in [0.1, 0.15) is 31.2 Å². The molecule has 0 bridgehead atoms. The second-order valence-electron chi connectivity index (χ2n) is 5.86. The third-order valence-corrected chi connectivity index (χ3v) is 4.56. The van der Waals surface area contributed by atoms with Crippen molar-refractivity contribution in [1.82, 2.24) is 10.2 Å². The summed E-state index contributed by atoms with van der Waals surface area (Å²) in [6, 6.07) is 7.18. The van der Waals surface area contributed by atoms with Crippen LogP contribution in [0.15, 0.2) is 24.3 Å². The molecule has 7 heteroatoms. The molecule has 0 heterocycles. The number of nitrogens with one attached hydrogen (secondary N) is 1. The van der Waals surface area contributed by atoms with Gasteiger partial charge in [-0.15, -0.1) is 0 Å². The highest BCUT2D eigenvalue weighted by atomic mass is 35.5. The average molecular weight is 350 g/mol. The summed E-state index contributed by atoms with van der Waals surface area (Å²) in [6.45, 7) is 0.117. The summed E-state index contributed by atoms with van der Waals surface area (Å²) in [5.74, 6) is -0.302. The zero-order valence-corrected chi connectivity index (χ0v) is 14.3. The van der Waals surface area contributed by atoms with Gasteiger partial charge in [-0.1, -0.05) is 29.8 Å². The van der Waals surface area contributed by atoms with Crippen LogP contribution in [0.25, 0.3) is 0 Å². The second kappa shape index (κ2) is 8.55. The molecule has 1 saturated carbocycles. The summed E-state index contributed by atoms with van der Waals surface area (Å²) in [7, 11) is 1.47. The van der Waals surface area contributed by atoms with E-state index in [1.807, 2.05) is 18.3 Å². The number of hydrogen-bond donors (Lipinski definition) is 1. The molecule has 0 aliphatic heterocycles. The number of alkyl carbamates (subject to hydrolysis) is 1. The summed E-state index contributed by atoms with van der Waals surface area (Å²) in [6.07, 6.45) is 4.03. The lowest BCUT2D eigenvalue weighted by molar-refractivity contribution is -0.132. The van der Waals surface area contributed by atoms with Gasteiger partial charge in [0.1, 0.15) is 6.61 Å². The van der Waals surface area contributed by atoms with Gasteiger partial charge in [-0.2, -0.15) is 5.26 Å². The summed E-state index contributed by atoms with van der Waals surface area (Å²) < 4.78 is 5.19. The number of ether oxygens (including phenoxy) is 1. The molecule has 24 heavy (non-hydrogen) atoms. The van der Waals surface area contributed by atoms with Gasteiger partial charge in [-0.3, -0.25) is 9.69 Å². The molecule has 1 aliphatic carbocycles. The van der Waals surface area contributed by atoms with Crippen molar-refractivity contribution < 1.29 is 14.3 Å². The maximum Gasteiger partial charge on any atom is 0.407 e. The molecule has 0 radical (unpaired) electrons. The zero-order chi connectivity index (χ0) is 17.5. The highest BCUT2D eigenvalue weighted by Crippen LogP contribution is 2.26. The van der Waals surface area contributed by atoms with Gasteiger partial charge in [0, 0.05) is 29.6 Å². The average Bonchev–Trinajstić information content (AvgIpc) is 2.60. The van der Waals surface area contributed by atoms with E-state index < -0.39 is 6.09 Å². The minimum absolute atomic E-state index is 0.0137. The molecule has 0 saturated heterocycles. The van der Waals surface area contributed by atoms with Crippen LogP contribution >= 0.6 is 11.6 Å². The van der Waals surface area contributed by atoms with Gasteiger partial charge < -0.3 is 10.1 Å². The van der Waals surface area contributed by atoms with E-state index in [-0.39, 0.29) is 24.5 Å². The Bertz CT molecular complexity index is 636. The molecule has 0 spiro atoms. The number of amides is 2. The van der Waals surface area contributed by atoms with Gasteiger partial charge >= 0.3 is 6.09 Å². The first-order chi connectivity index (χ1) is 11.5. The Labute approximate surface area is 146 Å². The summed E-state index contributed by atoms with van der Waals surface area (Å²) in [5.41, 5.74) is 0.753. The van der Waals surface area contributed by atoms with Crippen molar-refractivity contribution in [2.45, 2.75) is 38.3 Å². The Morgan fingerprint density at radius 2 is 2.00 bits per heavy atom. The highest BCUT2D eigenvalue weighted by Gasteiger charge is 2.29. The lowest BCUT2D eigenvalue weighted by atomic mass is 9.85. The molecule has 0 unspecified atom stereocenters. The number of halogens is 1. The van der Waals surface area contributed by atoms with Crippen LogP contribution < -0.4 is 5.32 Å². The molecule has 1 fully saturated rings. The maximum absolute atomic E-state index is 11.9. The topological polar surface area (TPSA) is 82.4 Å². The highest BCUT2D eigenvalue weighted by molar-refractivity contribution is 6.31. The lowest BCUT2D eigenvalue weighted by Gasteiger charge is -2.28. The van der Waals surface area contributed by atoms with Crippen molar-refractivity contribution in [3.05, 3.63) is 34.9 Å². The van der Waals surface area contributed by atoms with Crippen LogP contribution in [-0.4, -0.2) is 30.0 Å². The number of benzene rings is 1. The van der Waals surface area contributed by atoms with Crippen molar-refractivity contribution in [2.24, 2.45) is 5.92 Å². The van der Waals surface area contributed by atoms with Crippen LogP contribution in [-0.2, 0) is 16.1 Å². The van der Waals surface area contributed by atoms with Gasteiger partial charge in [0.25, 0.3) is 0 Å². The molecule has 1 aromatic carbocycles. The SMILES string of the molecule is CN(C#N)C(=O)[C@H]1CC[C@H](NC(=O)OCc2ccccc2Cl)CC1. The first kappa shape index (κ1) is 18.1. The largest absolute Gasteiger partial charge is 0.445 e. The van der Waals surface area contributed by atoms with E-state index in [4.69, 9.17) is 21.6 Å². The van der Waals surface area contributed by atoms with E-state index in [9.17, 15) is 9.59 Å². The van der Waals surface area contributed by atoms with Gasteiger partial charge in [0.05, 0.1) is 0 Å². The third-order valence-electron chi connectivity index (χ3n) is 4.20. The summed E-state index contributed by atoms with van der Waals surface area (Å²) >= 11 is 6.01. The minimum atomic E-state index is -0.487. The predicted molar refractivity (Wildman–Crippen MR) is 88.9 cm³/mol. The number of carbonyl (C=O) groups is 2. The molecule has 1 N–H and O–H groups in total. The Balaban J connectivity index is 1.74. The summed E-state index contributed by atoms with van der Waals surface area (Å²) in [5, 5.41) is 12.1. The molecule has 1 aromatic rings. The number of nitriles is 1. The third kappa shape index (κ3) is 4.87. The molecule has 2 amide bonds. The fourth-order valence-electron chi connectivity index (χ4n) is 2.77. The van der Waals surface area contributed by atoms with Crippen molar-refractivity contribution in [3.63, 3.8) is 0 Å². The van der Waals surface area contributed by atoms with Gasteiger partial charge in [0.2, 0.25) is 5.91 Å². The predicted octanol–water partition coefficient (Wildman–Crippen LogP) is 3.06. The molecule has 0 aromatic heterocycles. The number of hydrogen-bond acceptors (Lipinski definition) is 4. The zero-order valence-electron chi connectivity index (χ0n) is 13.5. The van der Waals surface area contributed by atoms with E-state index >= 15 is 0 Å². The first-order valence-corrected chi connectivity index (χ1v) is 8.23. The molecular weight excluding hydrogens is 330 g/mol. The molecule has 128 valence electrons. The molecule has 2 rings (SSSR count). The fourth-order valence-corrected chi connectivity index (χ4v) is 2.97. The normalized spacial score (nSPS) is 19.9. The number of nitrogens with zero attached hydrogens (tertiary/aromatic N) is 2. The Morgan fingerprint density at radius 3 is 2.62 bits per heavy atom. The Kier molecular flexibility index (Phi) is 6.44. The van der Waals surface area contributed by atoms with Crippen molar-refractivity contribution in [3.8, 4) is 6.19 Å². The second-order valence-corrected chi connectivity index (χ2v) is 6.26. The smallest absolute Gasteiger partial charge is 0.407 e. The standard InChI is InChI=1S/C17H20ClN3O3/c1-21(11-19)16(22)12-6-8-14(9-7-12)20-17(23)24-10-13-4-2-3-5-15(13)18/h2-5,12,14H,6-10H2,1H3,(H,20,23)/t12-,14-. The first-order valence-electron chi connectivity index (χ1n) is 7.85. The maximum atomic E-state index is 11.9. The Hall–Kier alpha value is -2.26. The number of carbonyl (C=O) groups excluding carboxylic acids is 2. The van der Waals surface area contributed by atoms with Crippen molar-refractivity contribution in [1.29, 1.82) is 5.26 Å². The lowest BCUT2D eigenvalue weighted by Crippen LogP contribution is -2.40. The molecular formula is C17H20ClN3O3. The van der Waals surface area contributed by atoms with Crippen molar-refractivity contribution >= 4 is 23.6 Å². The van der Waals surface area contributed by atoms with Crippen molar-refractivity contribution in [2.75, 3.05) is 7.05 Å².